The number of aryl methyl sites for hydroxylation is 2. The van der Waals surface area contributed by atoms with Crippen LogP contribution in [-0.4, -0.2) is 24.0 Å². The molecule has 1 fully saturated rings. The third-order valence-corrected chi connectivity index (χ3v) is 4.88. The molecule has 1 aliphatic heterocycles. The van der Waals surface area contributed by atoms with Gasteiger partial charge < -0.3 is 10.2 Å². The first-order valence-corrected chi connectivity index (χ1v) is 8.62. The first-order valence-electron chi connectivity index (χ1n) is 8.62. The normalized spacial score (nSPS) is 15.4. The second-order valence-corrected chi connectivity index (χ2v) is 6.83. The highest BCUT2D eigenvalue weighted by Gasteiger charge is 2.17. The number of aromatic nitrogens is 1. The number of carbonyl (C=O) groups excluding carboxylic acids is 1. The first-order chi connectivity index (χ1) is 11.5. The second kappa shape index (κ2) is 7.04. The highest BCUT2D eigenvalue weighted by atomic mass is 16.1. The number of hydrogen-bond acceptors (Lipinski definition) is 3. The quantitative estimate of drug-likeness (QED) is 0.921. The van der Waals surface area contributed by atoms with Crippen molar-refractivity contribution in [3.63, 3.8) is 0 Å². The topological polar surface area (TPSA) is 45.2 Å². The molecule has 126 valence electrons. The van der Waals surface area contributed by atoms with Crippen molar-refractivity contribution in [2.75, 3.05) is 23.3 Å². The molecule has 4 heteroatoms. The van der Waals surface area contributed by atoms with Crippen LogP contribution in [0.25, 0.3) is 0 Å². The van der Waals surface area contributed by atoms with Crippen molar-refractivity contribution in [1.29, 1.82) is 0 Å². The highest BCUT2D eigenvalue weighted by molar-refractivity contribution is 6.04. The summed E-state index contributed by atoms with van der Waals surface area (Å²) in [6, 6.07) is 9.67. The van der Waals surface area contributed by atoms with Crippen molar-refractivity contribution < 1.29 is 4.79 Å². The number of nitrogens with one attached hydrogen (secondary N) is 1. The lowest BCUT2D eigenvalue weighted by molar-refractivity contribution is 0.102. The van der Waals surface area contributed by atoms with Gasteiger partial charge >= 0.3 is 0 Å². The summed E-state index contributed by atoms with van der Waals surface area (Å²) in [7, 11) is 0. The number of carbonyl (C=O) groups is 1. The van der Waals surface area contributed by atoms with Gasteiger partial charge in [-0.3, -0.25) is 4.79 Å². The van der Waals surface area contributed by atoms with Crippen molar-refractivity contribution in [3.05, 3.63) is 53.2 Å². The Labute approximate surface area is 143 Å². The molecule has 0 radical (unpaired) electrons. The second-order valence-electron chi connectivity index (χ2n) is 6.83. The maximum atomic E-state index is 12.4. The van der Waals surface area contributed by atoms with E-state index in [-0.39, 0.29) is 5.91 Å². The zero-order valence-corrected chi connectivity index (χ0v) is 14.7. The number of amides is 1. The summed E-state index contributed by atoms with van der Waals surface area (Å²) < 4.78 is 0. The van der Waals surface area contributed by atoms with E-state index in [9.17, 15) is 4.79 Å². The van der Waals surface area contributed by atoms with E-state index in [2.05, 4.69) is 22.1 Å². The van der Waals surface area contributed by atoms with E-state index in [1.165, 1.54) is 18.4 Å². The number of hydrogen-bond donors (Lipinski definition) is 1. The minimum absolute atomic E-state index is 0.0977. The van der Waals surface area contributed by atoms with Crippen LogP contribution in [0.15, 0.2) is 36.5 Å². The van der Waals surface area contributed by atoms with Crippen LogP contribution < -0.4 is 10.2 Å². The molecule has 1 amide bonds. The molecule has 0 bridgehead atoms. The third kappa shape index (κ3) is 3.75. The van der Waals surface area contributed by atoms with Gasteiger partial charge in [-0.1, -0.05) is 13.0 Å². The lowest BCUT2D eigenvalue weighted by Crippen LogP contribution is -2.33. The number of anilines is 2. The molecule has 0 saturated carbocycles. The Balaban J connectivity index is 1.65. The summed E-state index contributed by atoms with van der Waals surface area (Å²) in [5, 5.41) is 2.92. The molecule has 0 unspecified atom stereocenters. The minimum Gasteiger partial charge on any atom is -0.357 e. The van der Waals surface area contributed by atoms with Gasteiger partial charge in [0.1, 0.15) is 5.82 Å². The Morgan fingerprint density at radius 2 is 1.88 bits per heavy atom. The van der Waals surface area contributed by atoms with E-state index in [1.807, 2.05) is 44.2 Å². The van der Waals surface area contributed by atoms with Crippen molar-refractivity contribution in [2.24, 2.45) is 5.92 Å². The van der Waals surface area contributed by atoms with Crippen LogP contribution in [0.4, 0.5) is 11.5 Å². The molecule has 2 heterocycles. The van der Waals surface area contributed by atoms with Gasteiger partial charge in [0.15, 0.2) is 0 Å². The molecule has 1 N–H and O–H groups in total. The zero-order valence-electron chi connectivity index (χ0n) is 14.7. The molecule has 24 heavy (non-hydrogen) atoms. The van der Waals surface area contributed by atoms with Crippen LogP contribution in [0, 0.1) is 19.8 Å². The van der Waals surface area contributed by atoms with Crippen LogP contribution in [0.1, 0.15) is 41.3 Å². The molecule has 1 aromatic carbocycles. The van der Waals surface area contributed by atoms with Crippen LogP contribution in [-0.2, 0) is 0 Å². The van der Waals surface area contributed by atoms with Crippen LogP contribution in [0.3, 0.4) is 0 Å². The van der Waals surface area contributed by atoms with E-state index >= 15 is 0 Å². The summed E-state index contributed by atoms with van der Waals surface area (Å²) in [5.74, 6) is 1.70. The predicted molar refractivity (Wildman–Crippen MR) is 98.7 cm³/mol. The number of piperidine rings is 1. The first kappa shape index (κ1) is 16.5. The van der Waals surface area contributed by atoms with Crippen molar-refractivity contribution >= 4 is 17.4 Å². The number of rotatable bonds is 3. The number of pyridine rings is 1. The average molecular weight is 323 g/mol. The Morgan fingerprint density at radius 1 is 1.12 bits per heavy atom. The SMILES string of the molecule is Cc1ccc(C(=O)Nc2ccc(N3CCC(C)CC3)nc2)cc1C. The molecule has 2 aromatic rings. The van der Waals surface area contributed by atoms with Crippen molar-refractivity contribution in [3.8, 4) is 0 Å². The molecule has 1 saturated heterocycles. The fourth-order valence-electron chi connectivity index (χ4n) is 2.97. The van der Waals surface area contributed by atoms with E-state index in [0.29, 0.717) is 5.56 Å². The molecule has 1 aliphatic rings. The Hall–Kier alpha value is -2.36. The number of benzene rings is 1. The summed E-state index contributed by atoms with van der Waals surface area (Å²) in [4.78, 5) is 19.2. The van der Waals surface area contributed by atoms with Gasteiger partial charge in [0, 0.05) is 18.7 Å². The Morgan fingerprint density at radius 3 is 2.50 bits per heavy atom. The smallest absolute Gasteiger partial charge is 0.255 e. The van der Waals surface area contributed by atoms with Crippen LogP contribution in [0.5, 0.6) is 0 Å². The standard InChI is InChI=1S/C20H25N3O/c1-14-8-10-23(11-9-14)19-7-6-18(13-21-19)22-20(24)17-5-4-15(2)16(3)12-17/h4-7,12-14H,8-11H2,1-3H3,(H,22,24). The van der Waals surface area contributed by atoms with Crippen LogP contribution in [0.2, 0.25) is 0 Å². The van der Waals surface area contributed by atoms with Crippen molar-refractivity contribution in [2.45, 2.75) is 33.6 Å². The van der Waals surface area contributed by atoms with Gasteiger partial charge in [0.25, 0.3) is 5.91 Å². The third-order valence-electron chi connectivity index (χ3n) is 4.88. The van der Waals surface area contributed by atoms with Gasteiger partial charge in [-0.15, -0.1) is 0 Å². The predicted octanol–water partition coefficient (Wildman–Crippen LogP) is 4.19. The summed E-state index contributed by atoms with van der Waals surface area (Å²) in [6.45, 7) is 8.48. The van der Waals surface area contributed by atoms with Gasteiger partial charge in [-0.05, 0) is 68.0 Å². The fraction of sp³-hybridized carbons (Fsp3) is 0.400. The van der Waals surface area contributed by atoms with E-state index in [4.69, 9.17) is 0 Å². The monoisotopic (exact) mass is 323 g/mol. The molecule has 4 nitrogen and oxygen atoms in total. The lowest BCUT2D eigenvalue weighted by Gasteiger charge is -2.31. The highest BCUT2D eigenvalue weighted by Crippen LogP contribution is 2.22. The zero-order chi connectivity index (χ0) is 17.1. The van der Waals surface area contributed by atoms with E-state index in [0.717, 1.165) is 36.1 Å². The van der Waals surface area contributed by atoms with E-state index in [1.54, 1.807) is 6.20 Å². The largest absolute Gasteiger partial charge is 0.357 e. The van der Waals surface area contributed by atoms with Gasteiger partial charge in [-0.2, -0.15) is 0 Å². The molecule has 0 aliphatic carbocycles. The van der Waals surface area contributed by atoms with Gasteiger partial charge in [0.2, 0.25) is 0 Å². The average Bonchev–Trinajstić information content (AvgIpc) is 2.59. The summed E-state index contributed by atoms with van der Waals surface area (Å²) in [5.41, 5.74) is 3.71. The minimum atomic E-state index is -0.0977. The van der Waals surface area contributed by atoms with E-state index < -0.39 is 0 Å². The van der Waals surface area contributed by atoms with Gasteiger partial charge in [-0.25, -0.2) is 4.98 Å². The number of nitrogens with zero attached hydrogens (tertiary/aromatic N) is 2. The molecule has 3 rings (SSSR count). The molecular formula is C20H25N3O. The Bertz CT molecular complexity index is 716. The maximum Gasteiger partial charge on any atom is 0.255 e. The maximum absolute atomic E-state index is 12.4. The molecule has 0 atom stereocenters. The summed E-state index contributed by atoms with van der Waals surface area (Å²) >= 11 is 0. The Kier molecular flexibility index (Phi) is 4.84. The van der Waals surface area contributed by atoms with Gasteiger partial charge in [0.05, 0.1) is 11.9 Å². The lowest BCUT2D eigenvalue weighted by atomic mass is 9.99. The fourth-order valence-corrected chi connectivity index (χ4v) is 2.97. The molecule has 0 spiro atoms. The molecule has 1 aromatic heterocycles. The summed E-state index contributed by atoms with van der Waals surface area (Å²) in [6.07, 6.45) is 4.17. The molecular weight excluding hydrogens is 298 g/mol. The van der Waals surface area contributed by atoms with Crippen molar-refractivity contribution in [1.82, 2.24) is 4.98 Å². The van der Waals surface area contributed by atoms with Crippen LogP contribution >= 0.6 is 0 Å².